The summed E-state index contributed by atoms with van der Waals surface area (Å²) in [5, 5.41) is 10.6. The summed E-state index contributed by atoms with van der Waals surface area (Å²) in [6.07, 6.45) is 55.8. The van der Waals surface area contributed by atoms with E-state index in [0.29, 0.717) is 31.6 Å². The maximum Gasteiger partial charge on any atom is 0.472 e. The monoisotopic (exact) mass is 1450 g/mol. The average Bonchev–Trinajstić information content (AvgIpc) is 0.956. The third-order valence-corrected chi connectivity index (χ3v) is 20.8. The number of rotatable bonds is 77. The van der Waals surface area contributed by atoms with Crippen LogP contribution in [0.15, 0.2) is 0 Å². The van der Waals surface area contributed by atoms with Crippen molar-refractivity contribution in [3.63, 3.8) is 0 Å². The first-order valence-corrected chi connectivity index (χ1v) is 44.2. The van der Waals surface area contributed by atoms with Crippen LogP contribution < -0.4 is 0 Å². The van der Waals surface area contributed by atoms with Gasteiger partial charge in [-0.1, -0.05) is 357 Å². The van der Waals surface area contributed by atoms with E-state index in [-0.39, 0.29) is 25.7 Å². The number of phosphoric acid groups is 2. The molecule has 0 aliphatic rings. The van der Waals surface area contributed by atoms with E-state index in [9.17, 15) is 43.2 Å². The highest BCUT2D eigenvalue weighted by Crippen LogP contribution is 2.45. The molecule has 0 saturated heterocycles. The fourth-order valence-corrected chi connectivity index (χ4v) is 13.8. The Hall–Kier alpha value is -1.94. The lowest BCUT2D eigenvalue weighted by atomic mass is 10.00. The second-order valence-corrected chi connectivity index (χ2v) is 33.4. The summed E-state index contributed by atoms with van der Waals surface area (Å²) < 4.78 is 68.6. The van der Waals surface area contributed by atoms with Crippen LogP contribution in [0.2, 0.25) is 0 Å². The van der Waals surface area contributed by atoms with E-state index in [1.807, 2.05) is 0 Å². The molecule has 0 aromatic heterocycles. The lowest BCUT2D eigenvalue weighted by Gasteiger charge is -2.21. The molecule has 3 N–H and O–H groups in total. The molecule has 588 valence electrons. The smallest absolute Gasteiger partial charge is 0.462 e. The number of hydrogen-bond acceptors (Lipinski definition) is 15. The van der Waals surface area contributed by atoms with Crippen LogP contribution >= 0.6 is 15.6 Å². The summed E-state index contributed by atoms with van der Waals surface area (Å²) in [4.78, 5) is 72.9. The van der Waals surface area contributed by atoms with E-state index in [2.05, 4.69) is 55.4 Å². The third-order valence-electron chi connectivity index (χ3n) is 18.9. The quantitative estimate of drug-likeness (QED) is 0.0222. The van der Waals surface area contributed by atoms with Crippen LogP contribution in [0.4, 0.5) is 0 Å². The first kappa shape index (κ1) is 97.1. The molecule has 0 aliphatic heterocycles. The summed E-state index contributed by atoms with van der Waals surface area (Å²) in [5.41, 5.74) is 0. The SMILES string of the molecule is CCC(C)CCCCCCCCC(=O)OC[C@H](COP(=O)(O)OCC(O)COP(=O)(O)OC[C@@H](COC(=O)CCCCCCCCCC(C)C)OC(=O)CCCCCCCCCCCCCCCCCCCCC(C)C)OC(=O)CCCCCCCCCCCCCCCCCC(C)C. The molecule has 0 heterocycles. The maximum absolute atomic E-state index is 13.1. The predicted octanol–water partition coefficient (Wildman–Crippen LogP) is 23.6. The Morgan fingerprint density at radius 2 is 0.485 bits per heavy atom. The normalized spacial score (nSPS) is 14.3. The topological polar surface area (TPSA) is 237 Å². The zero-order valence-corrected chi connectivity index (χ0v) is 66.9. The number of carbonyl (C=O) groups is 4. The standard InChI is InChI=1S/C80H156O17P2/c1-9-73(8)59-51-43-38-39-45-53-61-78(83)91-67-76(97-80(85)63-55-47-36-30-26-22-18-14-16-20-24-28-33-41-49-57-71(4)5)69-95-99(88,89)93-65-74(81)64-92-98(86,87)94-68-75(66-90-77(82)60-52-44-37-31-34-42-50-58-72(6)7)96-79(84)62-54-46-35-29-25-21-17-13-11-10-12-15-19-23-27-32-40-48-56-70(2)3/h70-76,81H,9-69H2,1-8H3,(H,86,87)(H,88,89)/t73?,74?,75-,76-/m1/s1. The molecule has 0 aliphatic carbocycles. The van der Waals surface area contributed by atoms with Gasteiger partial charge >= 0.3 is 39.5 Å². The molecule has 6 atom stereocenters. The van der Waals surface area contributed by atoms with E-state index in [1.165, 1.54) is 199 Å². The minimum atomic E-state index is -4.96. The molecule has 0 fully saturated rings. The van der Waals surface area contributed by atoms with E-state index < -0.39 is 97.5 Å². The van der Waals surface area contributed by atoms with Gasteiger partial charge in [-0.3, -0.25) is 37.3 Å². The molecule has 0 radical (unpaired) electrons. The van der Waals surface area contributed by atoms with Crippen molar-refractivity contribution in [1.29, 1.82) is 0 Å². The molecular weight excluding hydrogens is 1290 g/mol. The molecule has 0 amide bonds. The van der Waals surface area contributed by atoms with Gasteiger partial charge < -0.3 is 33.8 Å². The van der Waals surface area contributed by atoms with Crippen molar-refractivity contribution in [1.82, 2.24) is 0 Å². The van der Waals surface area contributed by atoms with Gasteiger partial charge in [0.2, 0.25) is 0 Å². The van der Waals surface area contributed by atoms with E-state index in [1.54, 1.807) is 0 Å². The second kappa shape index (κ2) is 69.1. The molecule has 4 unspecified atom stereocenters. The lowest BCUT2D eigenvalue weighted by molar-refractivity contribution is -0.161. The fraction of sp³-hybridized carbons (Fsp3) is 0.950. The van der Waals surface area contributed by atoms with Gasteiger partial charge in [-0.25, -0.2) is 9.13 Å². The Kier molecular flexibility index (Phi) is 67.8. The average molecular weight is 1450 g/mol. The molecule has 0 spiro atoms. The van der Waals surface area contributed by atoms with Crippen LogP contribution in [-0.2, 0) is 65.4 Å². The minimum Gasteiger partial charge on any atom is -0.462 e. The van der Waals surface area contributed by atoms with Gasteiger partial charge in [0.1, 0.15) is 19.3 Å². The van der Waals surface area contributed by atoms with Gasteiger partial charge in [-0.2, -0.15) is 0 Å². The highest BCUT2D eigenvalue weighted by molar-refractivity contribution is 7.47. The summed E-state index contributed by atoms with van der Waals surface area (Å²) >= 11 is 0. The zero-order chi connectivity index (χ0) is 73.1. The largest absolute Gasteiger partial charge is 0.472 e. The molecule has 0 aromatic carbocycles. The Balaban J connectivity index is 5.17. The Bertz CT molecular complexity index is 1940. The molecule has 0 saturated carbocycles. The molecule has 17 nitrogen and oxygen atoms in total. The van der Waals surface area contributed by atoms with Gasteiger partial charge in [-0.05, 0) is 49.4 Å². The van der Waals surface area contributed by atoms with Crippen LogP contribution in [0.5, 0.6) is 0 Å². The lowest BCUT2D eigenvalue weighted by Crippen LogP contribution is -2.30. The van der Waals surface area contributed by atoms with Crippen molar-refractivity contribution in [2.45, 2.75) is 427 Å². The highest BCUT2D eigenvalue weighted by Gasteiger charge is 2.30. The molecule has 0 bridgehead atoms. The number of carbonyl (C=O) groups excluding carboxylic acids is 4. The van der Waals surface area contributed by atoms with Gasteiger partial charge in [-0.15, -0.1) is 0 Å². The predicted molar refractivity (Wildman–Crippen MR) is 404 cm³/mol. The van der Waals surface area contributed by atoms with Crippen LogP contribution in [0.25, 0.3) is 0 Å². The van der Waals surface area contributed by atoms with Gasteiger partial charge in [0, 0.05) is 25.7 Å². The summed E-state index contributed by atoms with van der Waals surface area (Å²) in [5.74, 6) is 0.940. The first-order chi connectivity index (χ1) is 47.6. The number of hydrogen-bond donors (Lipinski definition) is 3. The Labute approximate surface area is 607 Å². The van der Waals surface area contributed by atoms with Crippen LogP contribution in [0.1, 0.15) is 409 Å². The maximum atomic E-state index is 13.1. The minimum absolute atomic E-state index is 0.106. The molecule has 0 aromatic rings. The van der Waals surface area contributed by atoms with E-state index in [0.717, 1.165) is 120 Å². The van der Waals surface area contributed by atoms with Crippen molar-refractivity contribution < 1.29 is 80.2 Å². The summed E-state index contributed by atoms with van der Waals surface area (Å²) in [6, 6.07) is 0. The van der Waals surface area contributed by atoms with Gasteiger partial charge in [0.15, 0.2) is 12.2 Å². The summed E-state index contributed by atoms with van der Waals surface area (Å²) in [7, 11) is -9.92. The number of ether oxygens (including phenoxy) is 4. The number of esters is 4. The number of aliphatic hydroxyl groups is 1. The Morgan fingerprint density at radius 3 is 0.717 bits per heavy atom. The highest BCUT2D eigenvalue weighted by atomic mass is 31.2. The first-order valence-electron chi connectivity index (χ1n) is 41.2. The molecule has 0 rings (SSSR count). The summed E-state index contributed by atoms with van der Waals surface area (Å²) in [6.45, 7) is 14.2. The Morgan fingerprint density at radius 1 is 0.283 bits per heavy atom. The number of phosphoric ester groups is 2. The molecular formula is C80H156O17P2. The van der Waals surface area contributed by atoms with Crippen molar-refractivity contribution in [2.75, 3.05) is 39.6 Å². The van der Waals surface area contributed by atoms with E-state index >= 15 is 0 Å². The molecule has 99 heavy (non-hydrogen) atoms. The van der Waals surface area contributed by atoms with Crippen molar-refractivity contribution in [3.05, 3.63) is 0 Å². The third kappa shape index (κ3) is 72.8. The molecule has 19 heteroatoms. The van der Waals surface area contributed by atoms with Crippen LogP contribution in [0, 0.1) is 23.7 Å². The van der Waals surface area contributed by atoms with Crippen LogP contribution in [0.3, 0.4) is 0 Å². The fourth-order valence-electron chi connectivity index (χ4n) is 12.2. The number of unbranched alkanes of at least 4 members (excludes halogenated alkanes) is 42. The van der Waals surface area contributed by atoms with Crippen LogP contribution in [-0.4, -0.2) is 96.7 Å². The van der Waals surface area contributed by atoms with Gasteiger partial charge in [0.05, 0.1) is 26.4 Å². The van der Waals surface area contributed by atoms with Crippen molar-refractivity contribution in [2.24, 2.45) is 23.7 Å². The van der Waals surface area contributed by atoms with Crippen molar-refractivity contribution in [3.8, 4) is 0 Å². The zero-order valence-electron chi connectivity index (χ0n) is 65.1. The second-order valence-electron chi connectivity index (χ2n) is 30.5. The van der Waals surface area contributed by atoms with Gasteiger partial charge in [0.25, 0.3) is 0 Å². The van der Waals surface area contributed by atoms with E-state index in [4.69, 9.17) is 37.0 Å². The number of aliphatic hydroxyl groups excluding tert-OH is 1. The van der Waals surface area contributed by atoms with Crippen molar-refractivity contribution >= 4 is 39.5 Å².